The first-order chi connectivity index (χ1) is 10.1. The lowest BCUT2D eigenvalue weighted by atomic mass is 10.1. The minimum absolute atomic E-state index is 0.222. The molecule has 1 unspecified atom stereocenters. The molecule has 1 atom stereocenters. The Balaban J connectivity index is 1.91. The molecule has 0 radical (unpaired) electrons. The topological polar surface area (TPSA) is 64.3 Å². The first-order valence-corrected chi connectivity index (χ1v) is 7.81. The average molecular weight is 304 g/mol. The summed E-state index contributed by atoms with van der Waals surface area (Å²) in [6.07, 6.45) is 0. The van der Waals surface area contributed by atoms with Gasteiger partial charge in [0.05, 0.1) is 12.2 Å². The van der Waals surface area contributed by atoms with Crippen molar-refractivity contribution >= 4 is 17.2 Å². The summed E-state index contributed by atoms with van der Waals surface area (Å²) in [6, 6.07) is 10.1. The lowest BCUT2D eigenvalue weighted by molar-refractivity contribution is 0.100. The Kier molecular flexibility index (Phi) is 5.36. The summed E-state index contributed by atoms with van der Waals surface area (Å²) in [5, 5.41) is 5.23. The summed E-state index contributed by atoms with van der Waals surface area (Å²) in [4.78, 5) is 12.2. The molecule has 0 aliphatic carbocycles. The van der Waals surface area contributed by atoms with Gasteiger partial charge in [0.25, 0.3) is 0 Å². The first-order valence-electron chi connectivity index (χ1n) is 6.93. The van der Waals surface area contributed by atoms with Gasteiger partial charge < -0.3 is 15.8 Å². The van der Waals surface area contributed by atoms with Crippen LogP contribution < -0.4 is 15.8 Å². The molecular formula is C16H20N2O2S. The molecule has 2 aromatic rings. The SMILES string of the molecule is CCOc1ccc(C(C)NCc2cc(C(N)=O)cs2)cc1. The molecule has 0 aliphatic heterocycles. The Bertz CT molecular complexity index is 593. The van der Waals surface area contributed by atoms with E-state index in [4.69, 9.17) is 10.5 Å². The average Bonchev–Trinajstić information content (AvgIpc) is 2.95. The van der Waals surface area contributed by atoms with E-state index in [9.17, 15) is 4.79 Å². The highest BCUT2D eigenvalue weighted by atomic mass is 32.1. The summed E-state index contributed by atoms with van der Waals surface area (Å²) in [6.45, 7) is 5.47. The summed E-state index contributed by atoms with van der Waals surface area (Å²) in [5.74, 6) is 0.509. The monoisotopic (exact) mass is 304 g/mol. The van der Waals surface area contributed by atoms with Crippen LogP contribution in [0.15, 0.2) is 35.7 Å². The molecule has 3 N–H and O–H groups in total. The van der Waals surface area contributed by atoms with Gasteiger partial charge >= 0.3 is 0 Å². The number of carbonyl (C=O) groups is 1. The molecule has 4 nitrogen and oxygen atoms in total. The maximum atomic E-state index is 11.1. The van der Waals surface area contributed by atoms with E-state index in [-0.39, 0.29) is 11.9 Å². The second-order valence-electron chi connectivity index (χ2n) is 4.77. The van der Waals surface area contributed by atoms with Gasteiger partial charge in [0.2, 0.25) is 5.91 Å². The summed E-state index contributed by atoms with van der Waals surface area (Å²) < 4.78 is 5.43. The number of nitrogens with two attached hydrogens (primary N) is 1. The zero-order valence-corrected chi connectivity index (χ0v) is 13.1. The number of rotatable bonds is 7. The van der Waals surface area contributed by atoms with Crippen molar-refractivity contribution in [2.45, 2.75) is 26.4 Å². The van der Waals surface area contributed by atoms with E-state index in [1.165, 1.54) is 5.56 Å². The predicted molar refractivity (Wildman–Crippen MR) is 85.7 cm³/mol. The van der Waals surface area contributed by atoms with Crippen molar-refractivity contribution in [1.29, 1.82) is 0 Å². The van der Waals surface area contributed by atoms with Crippen LogP contribution in [-0.4, -0.2) is 12.5 Å². The largest absolute Gasteiger partial charge is 0.494 e. The van der Waals surface area contributed by atoms with E-state index < -0.39 is 0 Å². The number of primary amides is 1. The zero-order valence-electron chi connectivity index (χ0n) is 12.3. The molecule has 1 amide bonds. The fourth-order valence-electron chi connectivity index (χ4n) is 1.99. The van der Waals surface area contributed by atoms with Crippen LogP contribution in [0.25, 0.3) is 0 Å². The molecule has 0 saturated heterocycles. The van der Waals surface area contributed by atoms with Crippen molar-refractivity contribution in [3.8, 4) is 5.75 Å². The normalized spacial score (nSPS) is 12.1. The number of ether oxygens (including phenoxy) is 1. The van der Waals surface area contributed by atoms with Crippen LogP contribution in [0.3, 0.4) is 0 Å². The number of carbonyl (C=O) groups excluding carboxylic acids is 1. The fourth-order valence-corrected chi connectivity index (χ4v) is 2.82. The molecule has 0 fully saturated rings. The second kappa shape index (κ2) is 7.24. The van der Waals surface area contributed by atoms with Crippen LogP contribution in [0.5, 0.6) is 5.75 Å². The van der Waals surface area contributed by atoms with E-state index in [2.05, 4.69) is 24.4 Å². The molecule has 0 aliphatic rings. The van der Waals surface area contributed by atoms with Gasteiger partial charge in [-0.05, 0) is 37.6 Å². The number of hydrogen-bond acceptors (Lipinski definition) is 4. The number of amides is 1. The minimum Gasteiger partial charge on any atom is -0.494 e. The number of thiophene rings is 1. The Labute approximate surface area is 128 Å². The van der Waals surface area contributed by atoms with Crippen molar-refractivity contribution in [3.05, 3.63) is 51.7 Å². The number of benzene rings is 1. The van der Waals surface area contributed by atoms with E-state index in [0.717, 1.165) is 10.6 Å². The molecule has 1 aromatic carbocycles. The van der Waals surface area contributed by atoms with Crippen molar-refractivity contribution in [2.75, 3.05) is 6.61 Å². The van der Waals surface area contributed by atoms with Gasteiger partial charge in [-0.15, -0.1) is 11.3 Å². The van der Waals surface area contributed by atoms with Crippen LogP contribution in [0.2, 0.25) is 0 Å². The molecule has 112 valence electrons. The Morgan fingerprint density at radius 1 is 1.38 bits per heavy atom. The van der Waals surface area contributed by atoms with E-state index in [1.54, 1.807) is 16.7 Å². The van der Waals surface area contributed by atoms with E-state index in [1.807, 2.05) is 25.1 Å². The van der Waals surface area contributed by atoms with Gasteiger partial charge in [-0.3, -0.25) is 4.79 Å². The number of hydrogen-bond donors (Lipinski definition) is 2. The number of nitrogens with one attached hydrogen (secondary N) is 1. The van der Waals surface area contributed by atoms with Crippen molar-refractivity contribution in [1.82, 2.24) is 5.32 Å². The van der Waals surface area contributed by atoms with Crippen LogP contribution in [-0.2, 0) is 6.54 Å². The standard InChI is InChI=1S/C16H20N2O2S/c1-3-20-14-6-4-12(5-7-14)11(2)18-9-15-8-13(10-21-15)16(17)19/h4-8,10-11,18H,3,9H2,1-2H3,(H2,17,19). The Hall–Kier alpha value is -1.85. The first kappa shape index (κ1) is 15.5. The predicted octanol–water partition coefficient (Wildman–Crippen LogP) is 3.10. The molecular weight excluding hydrogens is 284 g/mol. The molecule has 21 heavy (non-hydrogen) atoms. The van der Waals surface area contributed by atoms with Crippen molar-refractivity contribution in [2.24, 2.45) is 5.73 Å². The fraction of sp³-hybridized carbons (Fsp3) is 0.312. The van der Waals surface area contributed by atoms with Crippen LogP contribution in [0, 0.1) is 0 Å². The Morgan fingerprint density at radius 3 is 2.67 bits per heavy atom. The third kappa shape index (κ3) is 4.31. The highest BCUT2D eigenvalue weighted by Gasteiger charge is 2.08. The van der Waals surface area contributed by atoms with Crippen LogP contribution in [0.4, 0.5) is 0 Å². The second-order valence-corrected chi connectivity index (χ2v) is 5.77. The van der Waals surface area contributed by atoms with Gasteiger partial charge in [0.15, 0.2) is 0 Å². The summed E-state index contributed by atoms with van der Waals surface area (Å²) in [5.41, 5.74) is 7.02. The third-order valence-electron chi connectivity index (χ3n) is 3.21. The summed E-state index contributed by atoms with van der Waals surface area (Å²) >= 11 is 1.54. The zero-order chi connectivity index (χ0) is 15.2. The maximum absolute atomic E-state index is 11.1. The van der Waals surface area contributed by atoms with Gasteiger partial charge in [-0.1, -0.05) is 12.1 Å². The van der Waals surface area contributed by atoms with E-state index >= 15 is 0 Å². The van der Waals surface area contributed by atoms with Crippen LogP contribution >= 0.6 is 11.3 Å². The van der Waals surface area contributed by atoms with Crippen molar-refractivity contribution < 1.29 is 9.53 Å². The minimum atomic E-state index is -0.378. The third-order valence-corrected chi connectivity index (χ3v) is 4.15. The molecule has 0 bridgehead atoms. The molecule has 0 saturated carbocycles. The lowest BCUT2D eigenvalue weighted by Gasteiger charge is -2.14. The lowest BCUT2D eigenvalue weighted by Crippen LogP contribution is -2.17. The molecule has 1 heterocycles. The van der Waals surface area contributed by atoms with Gasteiger partial charge in [-0.2, -0.15) is 0 Å². The quantitative estimate of drug-likeness (QED) is 0.826. The van der Waals surface area contributed by atoms with Gasteiger partial charge in [-0.25, -0.2) is 0 Å². The molecule has 0 spiro atoms. The molecule has 2 rings (SSSR count). The highest BCUT2D eigenvalue weighted by Crippen LogP contribution is 2.19. The van der Waals surface area contributed by atoms with E-state index in [0.29, 0.717) is 18.7 Å². The smallest absolute Gasteiger partial charge is 0.249 e. The van der Waals surface area contributed by atoms with Gasteiger partial charge in [0.1, 0.15) is 5.75 Å². The van der Waals surface area contributed by atoms with Crippen LogP contribution in [0.1, 0.15) is 40.7 Å². The molecule has 5 heteroatoms. The summed E-state index contributed by atoms with van der Waals surface area (Å²) in [7, 11) is 0. The highest BCUT2D eigenvalue weighted by molar-refractivity contribution is 7.10. The molecule has 1 aromatic heterocycles. The Morgan fingerprint density at radius 2 is 2.10 bits per heavy atom. The van der Waals surface area contributed by atoms with Crippen molar-refractivity contribution in [3.63, 3.8) is 0 Å². The van der Waals surface area contributed by atoms with Gasteiger partial charge in [0, 0.05) is 22.8 Å². The maximum Gasteiger partial charge on any atom is 0.249 e.